The maximum absolute atomic E-state index is 5.02. The number of aromatic nitrogens is 3. The molecular weight excluding hydrogens is 286 g/mol. The van der Waals surface area contributed by atoms with Gasteiger partial charge in [-0.3, -0.25) is 0 Å². The largest absolute Gasteiger partial charge is 0.308 e. The first-order chi connectivity index (χ1) is 11.3. The minimum Gasteiger partial charge on any atom is -0.308 e. The molecule has 0 amide bonds. The Kier molecular flexibility index (Phi) is 4.07. The Morgan fingerprint density at radius 2 is 2.00 bits per heavy atom. The molecule has 2 aliphatic heterocycles. The summed E-state index contributed by atoms with van der Waals surface area (Å²) >= 11 is 0. The highest BCUT2D eigenvalue weighted by Crippen LogP contribution is 2.34. The average Bonchev–Trinajstić information content (AvgIpc) is 3.18. The topological polar surface area (TPSA) is 37.2 Å². The minimum absolute atomic E-state index is 0.527. The van der Waals surface area contributed by atoms with Crippen molar-refractivity contribution in [2.75, 3.05) is 39.8 Å². The zero-order valence-electron chi connectivity index (χ0n) is 14.3. The van der Waals surface area contributed by atoms with Crippen molar-refractivity contribution < 1.29 is 0 Å². The van der Waals surface area contributed by atoms with Gasteiger partial charge in [0.2, 0.25) is 0 Å². The molecule has 0 aliphatic carbocycles. The maximum atomic E-state index is 5.02. The molecule has 2 aliphatic rings. The molecule has 4 rings (SSSR count). The summed E-state index contributed by atoms with van der Waals surface area (Å²) in [6.45, 7) is 8.10. The van der Waals surface area contributed by atoms with Gasteiger partial charge in [0.1, 0.15) is 11.3 Å². The third kappa shape index (κ3) is 2.76. The van der Waals surface area contributed by atoms with Crippen LogP contribution in [-0.4, -0.2) is 64.1 Å². The summed E-state index contributed by atoms with van der Waals surface area (Å²) in [4.78, 5) is 14.7. The van der Waals surface area contributed by atoms with E-state index in [0.717, 1.165) is 24.3 Å². The molecule has 0 radical (unpaired) electrons. The zero-order valence-corrected chi connectivity index (χ0v) is 14.3. The summed E-state index contributed by atoms with van der Waals surface area (Å²) < 4.78 is 2.48. The van der Waals surface area contributed by atoms with E-state index in [1.807, 2.05) is 12.3 Å². The van der Waals surface area contributed by atoms with Crippen molar-refractivity contribution in [3.63, 3.8) is 0 Å². The fraction of sp³-hybridized carbons (Fsp3) is 0.667. The Morgan fingerprint density at radius 1 is 1.17 bits per heavy atom. The third-order valence-electron chi connectivity index (χ3n) is 5.61. The van der Waals surface area contributed by atoms with E-state index in [1.54, 1.807) is 0 Å². The second kappa shape index (κ2) is 6.21. The first kappa shape index (κ1) is 15.1. The molecule has 1 atom stereocenters. The average molecular weight is 313 g/mol. The van der Waals surface area contributed by atoms with E-state index in [9.17, 15) is 0 Å². The number of hydrogen-bond donors (Lipinski definition) is 0. The van der Waals surface area contributed by atoms with Crippen molar-refractivity contribution >= 4 is 11.2 Å². The fourth-order valence-electron chi connectivity index (χ4n) is 4.23. The monoisotopic (exact) mass is 313 g/mol. The molecule has 0 N–H and O–H groups in total. The molecule has 4 heterocycles. The van der Waals surface area contributed by atoms with Crippen LogP contribution in [0.15, 0.2) is 18.3 Å². The van der Waals surface area contributed by atoms with Crippen LogP contribution in [0.1, 0.15) is 44.0 Å². The van der Waals surface area contributed by atoms with E-state index < -0.39 is 0 Å². The standard InChI is InChI=1S/C18H27N5/c1-3-22-11-6-14(7-12-22)17-20-16-5-4-9-19-18(16)23(17)15-8-10-21(2)13-15/h4-5,9,14-15H,3,6-8,10-13H2,1-2H3. The van der Waals surface area contributed by atoms with Crippen molar-refractivity contribution in [1.29, 1.82) is 0 Å². The smallest absolute Gasteiger partial charge is 0.160 e. The number of rotatable bonds is 3. The number of imidazole rings is 1. The normalized spacial score (nSPS) is 24.7. The second-order valence-corrected chi connectivity index (χ2v) is 7.10. The molecule has 0 saturated carbocycles. The van der Waals surface area contributed by atoms with Gasteiger partial charge in [0.15, 0.2) is 5.65 Å². The Morgan fingerprint density at radius 3 is 2.70 bits per heavy atom. The second-order valence-electron chi connectivity index (χ2n) is 7.10. The highest BCUT2D eigenvalue weighted by atomic mass is 15.2. The van der Waals surface area contributed by atoms with Crippen LogP contribution in [0.3, 0.4) is 0 Å². The van der Waals surface area contributed by atoms with Gasteiger partial charge < -0.3 is 14.4 Å². The number of nitrogens with zero attached hydrogens (tertiary/aromatic N) is 5. The van der Waals surface area contributed by atoms with Crippen LogP contribution >= 0.6 is 0 Å². The third-order valence-corrected chi connectivity index (χ3v) is 5.61. The Hall–Kier alpha value is -1.46. The van der Waals surface area contributed by atoms with Crippen LogP contribution in [0.2, 0.25) is 0 Å². The Labute approximate surface area is 138 Å². The maximum Gasteiger partial charge on any atom is 0.160 e. The number of likely N-dealkylation sites (N-methyl/N-ethyl adjacent to an activating group) is 1. The first-order valence-electron chi connectivity index (χ1n) is 9.00. The number of hydrogen-bond acceptors (Lipinski definition) is 4. The van der Waals surface area contributed by atoms with E-state index in [4.69, 9.17) is 4.98 Å². The van der Waals surface area contributed by atoms with E-state index in [0.29, 0.717) is 12.0 Å². The molecule has 2 saturated heterocycles. The minimum atomic E-state index is 0.527. The van der Waals surface area contributed by atoms with Gasteiger partial charge in [0, 0.05) is 18.7 Å². The lowest BCUT2D eigenvalue weighted by Crippen LogP contribution is -2.33. The van der Waals surface area contributed by atoms with Gasteiger partial charge in [-0.05, 0) is 64.6 Å². The number of pyridine rings is 1. The molecule has 2 fully saturated rings. The predicted molar refractivity (Wildman–Crippen MR) is 92.8 cm³/mol. The first-order valence-corrected chi connectivity index (χ1v) is 9.00. The summed E-state index contributed by atoms with van der Waals surface area (Å²) in [6, 6.07) is 4.64. The molecule has 2 aromatic heterocycles. The summed E-state index contributed by atoms with van der Waals surface area (Å²) in [5, 5.41) is 0. The summed E-state index contributed by atoms with van der Waals surface area (Å²) in [6.07, 6.45) is 5.56. The number of likely N-dealkylation sites (tertiary alicyclic amines) is 2. The number of piperidine rings is 1. The molecule has 124 valence electrons. The van der Waals surface area contributed by atoms with E-state index in [-0.39, 0.29) is 0 Å². The SMILES string of the molecule is CCN1CCC(c2nc3cccnc3n2C2CCN(C)C2)CC1. The van der Waals surface area contributed by atoms with Gasteiger partial charge in [0.05, 0.1) is 6.04 Å². The van der Waals surface area contributed by atoms with Crippen molar-refractivity contribution in [2.45, 2.75) is 38.1 Å². The van der Waals surface area contributed by atoms with Crippen LogP contribution in [0.5, 0.6) is 0 Å². The van der Waals surface area contributed by atoms with Gasteiger partial charge in [-0.25, -0.2) is 9.97 Å². The van der Waals surface area contributed by atoms with Gasteiger partial charge in [-0.2, -0.15) is 0 Å². The zero-order chi connectivity index (χ0) is 15.8. The molecule has 0 spiro atoms. The molecule has 5 nitrogen and oxygen atoms in total. The molecule has 5 heteroatoms. The van der Waals surface area contributed by atoms with Crippen molar-refractivity contribution in [3.05, 3.63) is 24.2 Å². The lowest BCUT2D eigenvalue weighted by Gasteiger charge is -2.31. The molecular formula is C18H27N5. The van der Waals surface area contributed by atoms with Gasteiger partial charge in [-0.1, -0.05) is 6.92 Å². The number of fused-ring (bicyclic) bond motifs is 1. The molecule has 2 aromatic rings. The molecule has 23 heavy (non-hydrogen) atoms. The highest BCUT2D eigenvalue weighted by Gasteiger charge is 2.30. The fourth-order valence-corrected chi connectivity index (χ4v) is 4.23. The Balaban J connectivity index is 1.71. The lowest BCUT2D eigenvalue weighted by atomic mass is 9.95. The summed E-state index contributed by atoms with van der Waals surface area (Å²) in [7, 11) is 2.21. The highest BCUT2D eigenvalue weighted by molar-refractivity contribution is 5.71. The van der Waals surface area contributed by atoms with Crippen molar-refractivity contribution in [3.8, 4) is 0 Å². The quantitative estimate of drug-likeness (QED) is 0.872. The molecule has 0 aromatic carbocycles. The van der Waals surface area contributed by atoms with E-state index in [2.05, 4.69) is 39.4 Å². The van der Waals surface area contributed by atoms with Crippen LogP contribution in [0, 0.1) is 0 Å². The molecule has 1 unspecified atom stereocenters. The van der Waals surface area contributed by atoms with E-state index >= 15 is 0 Å². The van der Waals surface area contributed by atoms with E-state index in [1.165, 1.54) is 44.7 Å². The predicted octanol–water partition coefficient (Wildman–Crippen LogP) is 2.51. The lowest BCUT2D eigenvalue weighted by molar-refractivity contribution is 0.216. The molecule has 0 bridgehead atoms. The van der Waals surface area contributed by atoms with Crippen LogP contribution in [-0.2, 0) is 0 Å². The summed E-state index contributed by atoms with van der Waals surface area (Å²) in [5.41, 5.74) is 2.15. The van der Waals surface area contributed by atoms with Crippen LogP contribution in [0.4, 0.5) is 0 Å². The van der Waals surface area contributed by atoms with Crippen LogP contribution in [0.25, 0.3) is 11.2 Å². The van der Waals surface area contributed by atoms with Crippen molar-refractivity contribution in [1.82, 2.24) is 24.3 Å². The van der Waals surface area contributed by atoms with Gasteiger partial charge >= 0.3 is 0 Å². The van der Waals surface area contributed by atoms with Crippen LogP contribution < -0.4 is 0 Å². The van der Waals surface area contributed by atoms with Crippen molar-refractivity contribution in [2.24, 2.45) is 0 Å². The summed E-state index contributed by atoms with van der Waals surface area (Å²) in [5.74, 6) is 1.87. The Bertz CT molecular complexity index is 671. The van der Waals surface area contributed by atoms with Gasteiger partial charge in [0.25, 0.3) is 0 Å². The van der Waals surface area contributed by atoms with Gasteiger partial charge in [-0.15, -0.1) is 0 Å².